The summed E-state index contributed by atoms with van der Waals surface area (Å²) in [5.74, 6) is -1.19. The molecular formula is C12H24N2O3. The Kier molecular flexibility index (Phi) is 6.16. The molecule has 1 unspecified atom stereocenters. The number of hydrogen-bond acceptors (Lipinski definition) is 3. The van der Waals surface area contributed by atoms with E-state index in [9.17, 15) is 9.59 Å². The van der Waals surface area contributed by atoms with Gasteiger partial charge in [-0.3, -0.25) is 9.59 Å². The average molecular weight is 244 g/mol. The number of nitrogens with one attached hydrogen (secondary N) is 1. The summed E-state index contributed by atoms with van der Waals surface area (Å²) in [7, 11) is 0. The van der Waals surface area contributed by atoms with E-state index in [0.29, 0.717) is 12.8 Å². The molecule has 0 aromatic heterocycles. The Bertz CT molecular complexity index is 271. The van der Waals surface area contributed by atoms with Crippen molar-refractivity contribution in [3.05, 3.63) is 0 Å². The lowest BCUT2D eigenvalue weighted by molar-refractivity contribution is -0.138. The zero-order chi connectivity index (χ0) is 13.6. The third kappa shape index (κ3) is 7.74. The van der Waals surface area contributed by atoms with Gasteiger partial charge in [0.05, 0.1) is 12.5 Å². The highest BCUT2D eigenvalue weighted by molar-refractivity contribution is 5.82. The Hall–Kier alpha value is -1.10. The molecule has 0 aliphatic carbocycles. The van der Waals surface area contributed by atoms with Gasteiger partial charge in [0.2, 0.25) is 5.91 Å². The van der Waals surface area contributed by atoms with E-state index in [1.54, 1.807) is 0 Å². The van der Waals surface area contributed by atoms with Gasteiger partial charge in [0.25, 0.3) is 0 Å². The lowest BCUT2D eigenvalue weighted by Crippen LogP contribution is -2.46. The maximum absolute atomic E-state index is 11.6. The van der Waals surface area contributed by atoms with Gasteiger partial charge in [-0.2, -0.15) is 0 Å². The molecule has 0 saturated heterocycles. The molecule has 0 aliphatic heterocycles. The second-order valence-electron chi connectivity index (χ2n) is 5.58. The van der Waals surface area contributed by atoms with E-state index < -0.39 is 12.0 Å². The quantitative estimate of drug-likeness (QED) is 0.652. The Morgan fingerprint density at radius 2 is 1.88 bits per heavy atom. The largest absolute Gasteiger partial charge is 0.481 e. The van der Waals surface area contributed by atoms with Crippen LogP contribution >= 0.6 is 0 Å². The van der Waals surface area contributed by atoms with Gasteiger partial charge < -0.3 is 16.2 Å². The Morgan fingerprint density at radius 1 is 1.35 bits per heavy atom. The van der Waals surface area contributed by atoms with Crippen molar-refractivity contribution in [1.29, 1.82) is 0 Å². The third-order valence-electron chi connectivity index (χ3n) is 2.40. The minimum Gasteiger partial charge on any atom is -0.481 e. The molecule has 0 rings (SSSR count). The summed E-state index contributed by atoms with van der Waals surface area (Å²) in [5.41, 5.74) is 5.56. The Morgan fingerprint density at radius 3 is 2.24 bits per heavy atom. The van der Waals surface area contributed by atoms with Gasteiger partial charge in [-0.15, -0.1) is 0 Å². The zero-order valence-corrected chi connectivity index (χ0v) is 11.1. The first-order valence-corrected chi connectivity index (χ1v) is 5.93. The van der Waals surface area contributed by atoms with Crippen LogP contribution < -0.4 is 11.1 Å². The van der Waals surface area contributed by atoms with E-state index >= 15 is 0 Å². The molecule has 5 heteroatoms. The molecule has 0 fully saturated rings. The van der Waals surface area contributed by atoms with E-state index in [0.717, 1.165) is 0 Å². The topological polar surface area (TPSA) is 92.4 Å². The molecule has 0 radical (unpaired) electrons. The summed E-state index contributed by atoms with van der Waals surface area (Å²) in [6.07, 6.45) is 1.09. The van der Waals surface area contributed by atoms with E-state index in [4.69, 9.17) is 10.8 Å². The fourth-order valence-corrected chi connectivity index (χ4v) is 1.62. The average Bonchev–Trinajstić information content (AvgIpc) is 2.12. The van der Waals surface area contributed by atoms with Crippen LogP contribution in [0.4, 0.5) is 0 Å². The smallest absolute Gasteiger partial charge is 0.305 e. The highest BCUT2D eigenvalue weighted by atomic mass is 16.4. The first-order chi connectivity index (χ1) is 7.65. The maximum atomic E-state index is 11.6. The molecular weight excluding hydrogens is 220 g/mol. The predicted molar refractivity (Wildman–Crippen MR) is 66.5 cm³/mol. The van der Waals surface area contributed by atoms with Crippen LogP contribution in [0.5, 0.6) is 0 Å². The van der Waals surface area contributed by atoms with Gasteiger partial charge in [0, 0.05) is 6.04 Å². The number of nitrogens with two attached hydrogens (primary N) is 1. The van der Waals surface area contributed by atoms with E-state index in [1.165, 1.54) is 0 Å². The predicted octanol–water partition coefficient (Wildman–Crippen LogP) is 1.12. The number of carbonyl (C=O) groups is 2. The SMILES string of the molecule is CC[C@@H](N)C(=O)NC(CC(=O)O)CC(C)(C)C. The number of aliphatic carboxylic acids is 1. The van der Waals surface area contributed by atoms with Crippen molar-refractivity contribution in [2.75, 3.05) is 0 Å². The Labute approximate surface area is 103 Å². The molecule has 1 amide bonds. The van der Waals surface area contributed by atoms with Crippen molar-refractivity contribution in [3.8, 4) is 0 Å². The van der Waals surface area contributed by atoms with Crippen LogP contribution in [0.3, 0.4) is 0 Å². The van der Waals surface area contributed by atoms with Crippen LogP contribution in [0.2, 0.25) is 0 Å². The van der Waals surface area contributed by atoms with Crippen LogP contribution in [0.1, 0.15) is 47.0 Å². The molecule has 0 heterocycles. The first-order valence-electron chi connectivity index (χ1n) is 5.93. The van der Waals surface area contributed by atoms with Gasteiger partial charge in [-0.1, -0.05) is 27.7 Å². The minimum absolute atomic E-state index is 0.0380. The van der Waals surface area contributed by atoms with Crippen LogP contribution in [0.25, 0.3) is 0 Å². The summed E-state index contributed by atoms with van der Waals surface area (Å²) < 4.78 is 0. The number of carboxylic acids is 1. The van der Waals surface area contributed by atoms with E-state index in [-0.39, 0.29) is 23.8 Å². The van der Waals surface area contributed by atoms with E-state index in [1.807, 2.05) is 27.7 Å². The Balaban J connectivity index is 4.48. The molecule has 17 heavy (non-hydrogen) atoms. The van der Waals surface area contributed by atoms with Crippen molar-refractivity contribution in [3.63, 3.8) is 0 Å². The number of rotatable bonds is 6. The summed E-state index contributed by atoms with van der Waals surface area (Å²) >= 11 is 0. The molecule has 0 aliphatic rings. The highest BCUT2D eigenvalue weighted by Gasteiger charge is 2.24. The molecule has 0 spiro atoms. The molecule has 0 saturated carbocycles. The van der Waals surface area contributed by atoms with Gasteiger partial charge in [0.1, 0.15) is 0 Å². The normalized spacial score (nSPS) is 15.1. The zero-order valence-electron chi connectivity index (χ0n) is 11.1. The van der Waals surface area contributed by atoms with Gasteiger partial charge in [0.15, 0.2) is 0 Å². The van der Waals surface area contributed by atoms with Crippen molar-refractivity contribution in [2.45, 2.75) is 59.0 Å². The van der Waals surface area contributed by atoms with Crippen molar-refractivity contribution in [2.24, 2.45) is 11.1 Å². The summed E-state index contributed by atoms with van der Waals surface area (Å²) in [6.45, 7) is 7.84. The number of carbonyl (C=O) groups excluding carboxylic acids is 1. The van der Waals surface area contributed by atoms with E-state index in [2.05, 4.69) is 5.32 Å². The summed E-state index contributed by atoms with van der Waals surface area (Å²) in [5, 5.41) is 11.5. The second kappa shape index (κ2) is 6.59. The molecule has 2 atom stereocenters. The van der Waals surface area contributed by atoms with Gasteiger partial charge in [-0.05, 0) is 18.3 Å². The number of hydrogen-bond donors (Lipinski definition) is 3. The van der Waals surface area contributed by atoms with Crippen LogP contribution in [0, 0.1) is 5.41 Å². The maximum Gasteiger partial charge on any atom is 0.305 e. The first kappa shape index (κ1) is 15.9. The molecule has 0 aromatic carbocycles. The van der Waals surface area contributed by atoms with Crippen molar-refractivity contribution >= 4 is 11.9 Å². The second-order valence-corrected chi connectivity index (χ2v) is 5.58. The van der Waals surface area contributed by atoms with Crippen LogP contribution in [-0.4, -0.2) is 29.1 Å². The molecule has 5 nitrogen and oxygen atoms in total. The van der Waals surface area contributed by atoms with Crippen molar-refractivity contribution in [1.82, 2.24) is 5.32 Å². The van der Waals surface area contributed by atoms with Gasteiger partial charge in [-0.25, -0.2) is 0 Å². The summed E-state index contributed by atoms with van der Waals surface area (Å²) in [4.78, 5) is 22.4. The third-order valence-corrected chi connectivity index (χ3v) is 2.40. The fraction of sp³-hybridized carbons (Fsp3) is 0.833. The summed E-state index contributed by atoms with van der Waals surface area (Å²) in [6, 6.07) is -0.927. The lowest BCUT2D eigenvalue weighted by Gasteiger charge is -2.26. The van der Waals surface area contributed by atoms with Crippen LogP contribution in [-0.2, 0) is 9.59 Å². The highest BCUT2D eigenvalue weighted by Crippen LogP contribution is 2.22. The van der Waals surface area contributed by atoms with Gasteiger partial charge >= 0.3 is 5.97 Å². The molecule has 0 bridgehead atoms. The minimum atomic E-state index is -0.912. The lowest BCUT2D eigenvalue weighted by atomic mass is 9.87. The number of carboxylic acid groups (broad SMARTS) is 1. The van der Waals surface area contributed by atoms with Crippen LogP contribution in [0.15, 0.2) is 0 Å². The molecule has 0 aromatic rings. The standard InChI is InChI=1S/C12H24N2O3/c1-5-9(13)11(17)14-8(6-10(15)16)7-12(2,3)4/h8-9H,5-7,13H2,1-4H3,(H,14,17)(H,15,16)/t8?,9-/m1/s1. The fourth-order valence-electron chi connectivity index (χ4n) is 1.62. The molecule has 100 valence electrons. The monoisotopic (exact) mass is 244 g/mol. The van der Waals surface area contributed by atoms with Crippen molar-refractivity contribution < 1.29 is 14.7 Å². The molecule has 4 N–H and O–H groups in total. The number of amides is 1.